The van der Waals surface area contributed by atoms with Crippen LogP contribution in [-0.2, 0) is 4.74 Å². The number of carbonyl (C=O) groups is 1. The number of carbonyl (C=O) groups excluding carboxylic acids is 1. The van der Waals surface area contributed by atoms with Gasteiger partial charge in [-0.3, -0.25) is 0 Å². The molecule has 11 heavy (non-hydrogen) atoms. The van der Waals surface area contributed by atoms with Gasteiger partial charge in [-0.2, -0.15) is 0 Å². The van der Waals surface area contributed by atoms with Crippen LogP contribution in [0.2, 0.25) is 0 Å². The van der Waals surface area contributed by atoms with Crippen molar-refractivity contribution in [3.05, 3.63) is 18.5 Å². The Hall–Kier alpha value is -1.65. The van der Waals surface area contributed by atoms with Crippen molar-refractivity contribution in [1.29, 1.82) is 0 Å². The van der Waals surface area contributed by atoms with Crippen LogP contribution in [0.4, 0.5) is 0 Å². The van der Waals surface area contributed by atoms with E-state index < -0.39 is 5.97 Å². The summed E-state index contributed by atoms with van der Waals surface area (Å²) < 4.78 is 5.69. The van der Waals surface area contributed by atoms with Gasteiger partial charge in [0, 0.05) is 6.20 Å². The Kier molecular flexibility index (Phi) is 2.00. The van der Waals surface area contributed by atoms with Gasteiger partial charge in [0.2, 0.25) is 0 Å². The van der Waals surface area contributed by atoms with Crippen LogP contribution in [0, 0.1) is 0 Å². The first-order valence-corrected chi connectivity index (χ1v) is 2.90. The fourth-order valence-electron chi connectivity index (χ4n) is 0.629. The first-order valence-electron chi connectivity index (χ1n) is 2.90. The maximum Gasteiger partial charge on any atom is 0.358 e. The molecule has 0 aliphatic carbocycles. The van der Waals surface area contributed by atoms with Crippen LogP contribution in [0.1, 0.15) is 10.5 Å². The Morgan fingerprint density at radius 1 is 1.91 bits per heavy atom. The first kappa shape index (κ1) is 7.46. The van der Waals surface area contributed by atoms with Gasteiger partial charge < -0.3 is 4.74 Å². The van der Waals surface area contributed by atoms with Gasteiger partial charge in [-0.05, 0) is 0 Å². The minimum Gasteiger partial charge on any atom is -0.464 e. The summed E-state index contributed by atoms with van der Waals surface area (Å²) in [6, 6.07) is 0. The van der Waals surface area contributed by atoms with Crippen molar-refractivity contribution in [2.45, 2.75) is 0 Å². The summed E-state index contributed by atoms with van der Waals surface area (Å²) in [4.78, 5) is 10.9. The van der Waals surface area contributed by atoms with Gasteiger partial charge >= 0.3 is 5.97 Å². The van der Waals surface area contributed by atoms with Gasteiger partial charge in [0.05, 0.1) is 13.3 Å². The molecular weight excluding hydrogens is 146 g/mol. The van der Waals surface area contributed by atoms with Crippen LogP contribution in [-0.4, -0.2) is 28.1 Å². The average Bonchev–Trinajstić information content (AvgIpc) is 2.50. The van der Waals surface area contributed by atoms with E-state index in [0.717, 1.165) is 0 Å². The molecule has 0 amide bonds. The summed E-state index contributed by atoms with van der Waals surface area (Å²) in [5.41, 5.74) is 0.266. The summed E-state index contributed by atoms with van der Waals surface area (Å²) in [6.07, 6.45) is 2.69. The molecule has 1 rings (SSSR count). The maximum absolute atomic E-state index is 10.9. The molecule has 0 fully saturated rings. The standard InChI is InChI=1S/C6H7N3O2/c1-3-9-5(4-7-8-9)6(10)11-2/h3-4H,1H2,2H3. The van der Waals surface area contributed by atoms with Crippen molar-refractivity contribution >= 4 is 12.2 Å². The topological polar surface area (TPSA) is 57.0 Å². The number of hydrogen-bond donors (Lipinski definition) is 0. The zero-order valence-electron chi connectivity index (χ0n) is 6.02. The molecular formula is C6H7N3O2. The molecule has 0 spiro atoms. The molecule has 0 saturated carbocycles. The lowest BCUT2D eigenvalue weighted by Gasteiger charge is -1.96. The molecule has 0 saturated heterocycles. The molecule has 1 aromatic rings. The lowest BCUT2D eigenvalue weighted by Crippen LogP contribution is -2.06. The van der Waals surface area contributed by atoms with Crippen LogP contribution in [0.15, 0.2) is 12.8 Å². The first-order chi connectivity index (χ1) is 5.29. The summed E-state index contributed by atoms with van der Waals surface area (Å²) in [6.45, 7) is 3.43. The second-order valence-corrected chi connectivity index (χ2v) is 1.74. The van der Waals surface area contributed by atoms with E-state index in [9.17, 15) is 4.79 Å². The van der Waals surface area contributed by atoms with Crippen molar-refractivity contribution in [1.82, 2.24) is 15.0 Å². The van der Waals surface area contributed by atoms with Gasteiger partial charge in [-0.1, -0.05) is 11.8 Å². The fraction of sp³-hybridized carbons (Fsp3) is 0.167. The number of aromatic nitrogens is 3. The van der Waals surface area contributed by atoms with Gasteiger partial charge in [0.15, 0.2) is 5.69 Å². The minimum absolute atomic E-state index is 0.266. The maximum atomic E-state index is 10.9. The van der Waals surface area contributed by atoms with Crippen LogP contribution < -0.4 is 0 Å². The Morgan fingerprint density at radius 2 is 2.64 bits per heavy atom. The second-order valence-electron chi connectivity index (χ2n) is 1.74. The van der Waals surface area contributed by atoms with Crippen LogP contribution in [0.3, 0.4) is 0 Å². The molecule has 0 unspecified atom stereocenters. The lowest BCUT2D eigenvalue weighted by atomic mass is 10.5. The summed E-state index contributed by atoms with van der Waals surface area (Å²) >= 11 is 0. The molecule has 5 nitrogen and oxygen atoms in total. The van der Waals surface area contributed by atoms with E-state index in [1.54, 1.807) is 0 Å². The van der Waals surface area contributed by atoms with Crippen molar-refractivity contribution < 1.29 is 9.53 Å². The van der Waals surface area contributed by atoms with E-state index in [1.165, 1.54) is 24.2 Å². The van der Waals surface area contributed by atoms with E-state index in [2.05, 4.69) is 21.6 Å². The molecule has 1 heterocycles. The largest absolute Gasteiger partial charge is 0.464 e. The lowest BCUT2D eigenvalue weighted by molar-refractivity contribution is 0.0591. The highest BCUT2D eigenvalue weighted by Crippen LogP contribution is 1.97. The van der Waals surface area contributed by atoms with Gasteiger partial charge in [-0.25, -0.2) is 9.48 Å². The van der Waals surface area contributed by atoms with Gasteiger partial charge in [0.1, 0.15) is 0 Å². The van der Waals surface area contributed by atoms with Gasteiger partial charge in [0.25, 0.3) is 0 Å². The number of rotatable bonds is 2. The molecule has 0 atom stereocenters. The number of nitrogens with zero attached hydrogens (tertiary/aromatic N) is 3. The van der Waals surface area contributed by atoms with E-state index in [-0.39, 0.29) is 5.69 Å². The Morgan fingerprint density at radius 3 is 3.18 bits per heavy atom. The molecule has 0 aromatic carbocycles. The Bertz CT molecular complexity index is 279. The van der Waals surface area contributed by atoms with E-state index in [4.69, 9.17) is 0 Å². The smallest absolute Gasteiger partial charge is 0.358 e. The quantitative estimate of drug-likeness (QED) is 0.568. The summed E-state index contributed by atoms with van der Waals surface area (Å²) in [5.74, 6) is -0.477. The third-order valence-corrected chi connectivity index (χ3v) is 1.14. The van der Waals surface area contributed by atoms with E-state index >= 15 is 0 Å². The zero-order chi connectivity index (χ0) is 8.27. The number of esters is 1. The molecule has 0 N–H and O–H groups in total. The van der Waals surface area contributed by atoms with Crippen LogP contribution >= 0.6 is 0 Å². The third-order valence-electron chi connectivity index (χ3n) is 1.14. The number of methoxy groups -OCH3 is 1. The second kappa shape index (κ2) is 2.96. The normalized spacial score (nSPS) is 9.18. The molecule has 0 aliphatic heterocycles. The van der Waals surface area contributed by atoms with Crippen LogP contribution in [0.5, 0.6) is 0 Å². The van der Waals surface area contributed by atoms with E-state index in [1.807, 2.05) is 0 Å². The van der Waals surface area contributed by atoms with Crippen molar-refractivity contribution in [2.75, 3.05) is 7.11 Å². The third kappa shape index (κ3) is 1.26. The van der Waals surface area contributed by atoms with Crippen LogP contribution in [0.25, 0.3) is 6.20 Å². The monoisotopic (exact) mass is 153 g/mol. The molecule has 5 heteroatoms. The number of hydrogen-bond acceptors (Lipinski definition) is 4. The highest BCUT2D eigenvalue weighted by Gasteiger charge is 2.10. The van der Waals surface area contributed by atoms with Crippen molar-refractivity contribution in [2.24, 2.45) is 0 Å². The predicted octanol–water partition coefficient (Wildman–Crippen LogP) is 0.165. The van der Waals surface area contributed by atoms with E-state index in [0.29, 0.717) is 0 Å². The Labute approximate surface area is 63.3 Å². The fourth-order valence-corrected chi connectivity index (χ4v) is 0.629. The Balaban J connectivity index is 3.01. The summed E-state index contributed by atoms with van der Waals surface area (Å²) in [5, 5.41) is 7.05. The highest BCUT2D eigenvalue weighted by atomic mass is 16.5. The average molecular weight is 153 g/mol. The SMILES string of the molecule is C=Cn1nncc1C(=O)OC. The van der Waals surface area contributed by atoms with Gasteiger partial charge in [-0.15, -0.1) is 5.10 Å². The van der Waals surface area contributed by atoms with Crippen molar-refractivity contribution in [3.8, 4) is 0 Å². The highest BCUT2D eigenvalue weighted by molar-refractivity contribution is 5.87. The molecule has 0 aliphatic rings. The predicted molar refractivity (Wildman–Crippen MR) is 37.7 cm³/mol. The summed E-state index contributed by atoms with van der Waals surface area (Å²) in [7, 11) is 1.29. The van der Waals surface area contributed by atoms with Crippen molar-refractivity contribution in [3.63, 3.8) is 0 Å². The minimum atomic E-state index is -0.477. The molecule has 0 bridgehead atoms. The molecule has 0 radical (unpaired) electrons. The number of ether oxygens (including phenoxy) is 1. The molecule has 58 valence electrons. The zero-order valence-corrected chi connectivity index (χ0v) is 6.02. The molecule has 1 aromatic heterocycles.